The van der Waals surface area contributed by atoms with Crippen molar-refractivity contribution in [3.8, 4) is 5.88 Å². The Morgan fingerprint density at radius 1 is 1.39 bits per heavy atom. The minimum atomic E-state index is -0.194. The summed E-state index contributed by atoms with van der Waals surface area (Å²) in [6, 6.07) is 3.13. The molecule has 2 aromatic rings. The third-order valence-corrected chi connectivity index (χ3v) is 3.76. The molecule has 0 bridgehead atoms. The highest BCUT2D eigenvalue weighted by Crippen LogP contribution is 2.21. The maximum absolute atomic E-state index is 12.4. The second-order valence-electron chi connectivity index (χ2n) is 5.65. The van der Waals surface area contributed by atoms with Crippen molar-refractivity contribution < 1.29 is 14.1 Å². The van der Waals surface area contributed by atoms with Crippen LogP contribution in [-0.4, -0.2) is 22.2 Å². The number of nitrogens with one attached hydrogen (secondary N) is 1. The number of aromatic nitrogens is 2. The highest BCUT2D eigenvalue weighted by Gasteiger charge is 2.19. The van der Waals surface area contributed by atoms with E-state index in [1.807, 2.05) is 34.6 Å². The zero-order valence-electron chi connectivity index (χ0n) is 14.2. The summed E-state index contributed by atoms with van der Waals surface area (Å²) in [6.45, 7) is 9.60. The minimum Gasteiger partial charge on any atom is -0.475 e. The topological polar surface area (TPSA) is 77.2 Å². The molecule has 0 spiro atoms. The van der Waals surface area contributed by atoms with Crippen molar-refractivity contribution >= 4 is 5.91 Å². The maximum Gasteiger partial charge on any atom is 0.252 e. The molecule has 0 unspecified atom stereocenters. The summed E-state index contributed by atoms with van der Waals surface area (Å²) < 4.78 is 10.8. The lowest BCUT2D eigenvalue weighted by molar-refractivity contribution is 0.0938. The second kappa shape index (κ2) is 7.26. The van der Waals surface area contributed by atoms with Crippen molar-refractivity contribution in [2.45, 2.75) is 53.2 Å². The molecule has 1 amide bonds. The Kier molecular flexibility index (Phi) is 5.36. The van der Waals surface area contributed by atoms with Crippen LogP contribution in [0.4, 0.5) is 0 Å². The highest BCUT2D eigenvalue weighted by atomic mass is 16.5. The van der Waals surface area contributed by atoms with E-state index in [0.29, 0.717) is 17.2 Å². The van der Waals surface area contributed by atoms with Crippen LogP contribution in [0.1, 0.15) is 60.6 Å². The molecule has 1 N–H and O–H groups in total. The van der Waals surface area contributed by atoms with Crippen molar-refractivity contribution in [2.24, 2.45) is 0 Å². The fourth-order valence-corrected chi connectivity index (χ4v) is 2.36. The third kappa shape index (κ3) is 4.09. The van der Waals surface area contributed by atoms with Crippen LogP contribution in [-0.2, 0) is 0 Å². The van der Waals surface area contributed by atoms with E-state index in [2.05, 4.69) is 15.5 Å². The molecule has 124 valence electrons. The predicted molar refractivity (Wildman–Crippen MR) is 86.5 cm³/mol. The SMILES string of the molecule is CC[C@H](C)Oc1cc(C(=O)N[C@@H](C)c2c(C)noc2C)ccn1. The van der Waals surface area contributed by atoms with E-state index in [0.717, 1.165) is 17.7 Å². The first-order chi connectivity index (χ1) is 10.9. The molecule has 0 radical (unpaired) electrons. The molecule has 2 heterocycles. The molecular weight excluding hydrogens is 294 g/mol. The first-order valence-corrected chi connectivity index (χ1v) is 7.78. The van der Waals surface area contributed by atoms with Crippen molar-refractivity contribution in [3.05, 3.63) is 40.9 Å². The van der Waals surface area contributed by atoms with Crippen LogP contribution in [0.15, 0.2) is 22.9 Å². The summed E-state index contributed by atoms with van der Waals surface area (Å²) in [6.07, 6.45) is 2.51. The van der Waals surface area contributed by atoms with Gasteiger partial charge in [-0.3, -0.25) is 4.79 Å². The van der Waals surface area contributed by atoms with Gasteiger partial charge in [-0.25, -0.2) is 4.98 Å². The summed E-state index contributed by atoms with van der Waals surface area (Å²) in [5.41, 5.74) is 2.20. The van der Waals surface area contributed by atoms with E-state index in [4.69, 9.17) is 9.26 Å². The lowest BCUT2D eigenvalue weighted by atomic mass is 10.1. The number of carbonyl (C=O) groups is 1. The molecule has 2 rings (SSSR count). The number of amides is 1. The molecule has 0 saturated heterocycles. The smallest absolute Gasteiger partial charge is 0.252 e. The van der Waals surface area contributed by atoms with Gasteiger partial charge in [0.1, 0.15) is 5.76 Å². The van der Waals surface area contributed by atoms with Gasteiger partial charge in [0.2, 0.25) is 5.88 Å². The summed E-state index contributed by atoms with van der Waals surface area (Å²) in [5.74, 6) is 0.983. The molecule has 0 aliphatic carbocycles. The molecule has 0 saturated carbocycles. The Bertz CT molecular complexity index is 662. The van der Waals surface area contributed by atoms with Gasteiger partial charge in [-0.1, -0.05) is 12.1 Å². The molecule has 0 aliphatic heterocycles. The third-order valence-electron chi connectivity index (χ3n) is 3.76. The number of hydrogen-bond donors (Lipinski definition) is 1. The number of carbonyl (C=O) groups excluding carboxylic acids is 1. The summed E-state index contributed by atoms with van der Waals surface area (Å²) >= 11 is 0. The van der Waals surface area contributed by atoms with Gasteiger partial charge in [0.15, 0.2) is 0 Å². The van der Waals surface area contributed by atoms with Crippen LogP contribution in [0.3, 0.4) is 0 Å². The van der Waals surface area contributed by atoms with E-state index >= 15 is 0 Å². The zero-order chi connectivity index (χ0) is 17.0. The van der Waals surface area contributed by atoms with Crippen molar-refractivity contribution in [2.75, 3.05) is 0 Å². The Balaban J connectivity index is 2.10. The van der Waals surface area contributed by atoms with Crippen LogP contribution in [0, 0.1) is 13.8 Å². The van der Waals surface area contributed by atoms with E-state index in [9.17, 15) is 4.79 Å². The van der Waals surface area contributed by atoms with Crippen LogP contribution < -0.4 is 10.1 Å². The molecule has 23 heavy (non-hydrogen) atoms. The summed E-state index contributed by atoms with van der Waals surface area (Å²) in [5, 5.41) is 6.87. The largest absolute Gasteiger partial charge is 0.475 e. The highest BCUT2D eigenvalue weighted by molar-refractivity contribution is 5.94. The van der Waals surface area contributed by atoms with Crippen LogP contribution in [0.25, 0.3) is 0 Å². The number of nitrogens with zero attached hydrogens (tertiary/aromatic N) is 2. The number of rotatable bonds is 6. The lowest BCUT2D eigenvalue weighted by Crippen LogP contribution is -2.27. The van der Waals surface area contributed by atoms with Gasteiger partial charge in [0.25, 0.3) is 5.91 Å². The van der Waals surface area contributed by atoms with Gasteiger partial charge < -0.3 is 14.6 Å². The Morgan fingerprint density at radius 3 is 2.74 bits per heavy atom. The van der Waals surface area contributed by atoms with Crippen molar-refractivity contribution in [1.29, 1.82) is 0 Å². The van der Waals surface area contributed by atoms with Crippen LogP contribution >= 0.6 is 0 Å². The summed E-state index contributed by atoms with van der Waals surface area (Å²) in [4.78, 5) is 16.6. The fraction of sp³-hybridized carbons (Fsp3) is 0.471. The first kappa shape index (κ1) is 17.0. The first-order valence-electron chi connectivity index (χ1n) is 7.78. The standard InChI is InChI=1S/C17H23N3O3/c1-6-10(2)22-15-9-14(7-8-18-15)17(21)19-11(3)16-12(4)20-23-13(16)5/h7-11H,6H2,1-5H3,(H,19,21)/t10-,11-/m0/s1. The molecule has 2 aromatic heterocycles. The van der Waals surface area contributed by atoms with Gasteiger partial charge >= 0.3 is 0 Å². The van der Waals surface area contributed by atoms with E-state index < -0.39 is 0 Å². The van der Waals surface area contributed by atoms with E-state index in [1.54, 1.807) is 18.3 Å². The average molecular weight is 317 g/mol. The molecular formula is C17H23N3O3. The number of pyridine rings is 1. The average Bonchev–Trinajstić information content (AvgIpc) is 2.86. The molecule has 0 aliphatic rings. The van der Waals surface area contributed by atoms with Gasteiger partial charge in [0.05, 0.1) is 17.8 Å². The van der Waals surface area contributed by atoms with Gasteiger partial charge in [-0.15, -0.1) is 0 Å². The molecule has 6 nitrogen and oxygen atoms in total. The number of hydrogen-bond acceptors (Lipinski definition) is 5. The second-order valence-corrected chi connectivity index (χ2v) is 5.65. The number of ether oxygens (including phenoxy) is 1. The van der Waals surface area contributed by atoms with Crippen molar-refractivity contribution in [3.63, 3.8) is 0 Å². The molecule has 2 atom stereocenters. The Hall–Kier alpha value is -2.37. The van der Waals surface area contributed by atoms with Gasteiger partial charge in [-0.2, -0.15) is 0 Å². The van der Waals surface area contributed by atoms with E-state index in [1.165, 1.54) is 0 Å². The summed E-state index contributed by atoms with van der Waals surface area (Å²) in [7, 11) is 0. The van der Waals surface area contributed by atoms with E-state index in [-0.39, 0.29) is 18.1 Å². The van der Waals surface area contributed by atoms with Gasteiger partial charge in [-0.05, 0) is 40.2 Å². The van der Waals surface area contributed by atoms with Crippen molar-refractivity contribution in [1.82, 2.24) is 15.5 Å². The fourth-order valence-electron chi connectivity index (χ4n) is 2.36. The molecule has 6 heteroatoms. The Morgan fingerprint density at radius 2 is 2.13 bits per heavy atom. The number of aryl methyl sites for hydroxylation is 2. The Labute approximate surface area is 136 Å². The normalized spacial score (nSPS) is 13.4. The zero-order valence-corrected chi connectivity index (χ0v) is 14.2. The van der Waals surface area contributed by atoms with Crippen LogP contribution in [0.5, 0.6) is 5.88 Å². The lowest BCUT2D eigenvalue weighted by Gasteiger charge is -2.15. The predicted octanol–water partition coefficient (Wildman–Crippen LogP) is 3.35. The molecule has 0 aromatic carbocycles. The van der Waals surface area contributed by atoms with Crippen LogP contribution in [0.2, 0.25) is 0 Å². The minimum absolute atomic E-state index is 0.0574. The van der Waals surface area contributed by atoms with Gasteiger partial charge in [0, 0.05) is 23.4 Å². The monoisotopic (exact) mass is 317 g/mol. The maximum atomic E-state index is 12.4. The molecule has 0 fully saturated rings. The quantitative estimate of drug-likeness (QED) is 0.884.